The van der Waals surface area contributed by atoms with Crippen LogP contribution in [0, 0.1) is 13.8 Å². The zero-order valence-corrected chi connectivity index (χ0v) is 34.4. The van der Waals surface area contributed by atoms with E-state index in [4.69, 9.17) is 0 Å². The topological polar surface area (TPSA) is 0 Å². The Morgan fingerprint density at radius 3 is 0.778 bits per heavy atom. The van der Waals surface area contributed by atoms with Gasteiger partial charge in [0.1, 0.15) is 0 Å². The molecule has 0 amide bonds. The molecule has 0 N–H and O–H groups in total. The molecule has 0 aromatic heterocycles. The molecule has 0 nitrogen and oxygen atoms in total. The van der Waals surface area contributed by atoms with Crippen molar-refractivity contribution in [1.82, 2.24) is 0 Å². The van der Waals surface area contributed by atoms with Gasteiger partial charge in [-0.2, -0.15) is 0 Å². The Bertz CT molecular complexity index is 27.7. The molecule has 0 spiro atoms. The van der Waals surface area contributed by atoms with Crippen LogP contribution in [0.5, 0.6) is 0 Å². The van der Waals surface area contributed by atoms with E-state index in [1.165, 1.54) is 0 Å². The zero-order valence-electron chi connectivity index (χ0n) is 5.97. The standard InChI is InChI=1S/C4H6.4Rf.Y/c1-3-4-2;;;;;/h3-4H,1-2H2;;;;;/q-2;;;;;/b4-3-;;;;;. The Balaban J connectivity index is -0.00000000450. The molecule has 0 aromatic carbocycles. The molecule has 0 aliphatic carbocycles. The molecule has 35 valence electrons. The second-order valence-electron chi connectivity index (χ2n) is 0.471. The third-order valence-corrected chi connectivity index (χ3v) is 0.167. The Morgan fingerprint density at radius 1 is 0.667 bits per heavy atom. The SMILES string of the molecule is [CH2-]/C=C\[CH2-].[Rf].[Rf].[Rf].[Rf].[Y]. The van der Waals surface area contributed by atoms with Gasteiger partial charge in [0.2, 0.25) is 0 Å². The second kappa shape index (κ2) is 29.4. The van der Waals surface area contributed by atoms with Gasteiger partial charge in [-0.1, -0.05) is 0 Å². The Kier molecular flexibility index (Phi) is 2210. The van der Waals surface area contributed by atoms with E-state index < -0.39 is 0 Å². The van der Waals surface area contributed by atoms with Crippen LogP contribution in [0.25, 0.3) is 0 Å². The van der Waals surface area contributed by atoms with E-state index in [1.54, 1.807) is 12.2 Å². The van der Waals surface area contributed by atoms with Gasteiger partial charge in [0.15, 0.2) is 0 Å². The van der Waals surface area contributed by atoms with E-state index in [0.29, 0.717) is 0 Å². The van der Waals surface area contributed by atoms with Crippen LogP contribution in [-0.4, -0.2) is 0 Å². The third kappa shape index (κ3) is 5.24. The van der Waals surface area contributed by atoms with Crippen LogP contribution in [0.2, 0.25) is 0 Å². The minimum Gasteiger partial charge on any atom is -0.382 e. The van der Waals surface area contributed by atoms with Crippen LogP contribution in [0.1, 0.15) is 0 Å². The normalized spacial score (nSPS) is 4.00. The summed E-state index contributed by atoms with van der Waals surface area (Å²) in [6.45, 7) is 6.72. The van der Waals surface area contributed by atoms with Gasteiger partial charge >= 0.3 is 0 Å². The first-order chi connectivity index (χ1) is 1.91. The summed E-state index contributed by atoms with van der Waals surface area (Å²) < 4.78 is 0. The second-order valence-corrected chi connectivity index (χ2v) is 0.471. The molecule has 0 atom stereocenters. The predicted octanol–water partition coefficient (Wildman–Crippen LogP) is 1.21. The average Bonchev–Trinajstić information content (AvgIpc) is 1.37. The van der Waals surface area contributed by atoms with Crippen LogP contribution in [0.4, 0.5) is 0 Å². The zero-order chi connectivity index (χ0) is 3.41. The Hall–Kier alpha value is -3.42. The van der Waals surface area contributed by atoms with E-state index >= 15 is 0 Å². The number of allylic oxidation sites excluding steroid dienone is 2. The van der Waals surface area contributed by atoms with Gasteiger partial charge in [-0.3, -0.25) is 0 Å². The summed E-state index contributed by atoms with van der Waals surface area (Å²) in [6.07, 6.45) is 3.28. The van der Waals surface area contributed by atoms with Crippen molar-refractivity contribution >= 4 is 0 Å². The van der Waals surface area contributed by atoms with Crippen LogP contribution >= 0.6 is 0 Å². The minimum absolute atomic E-state index is 0. The number of hydrogen-bond acceptors (Lipinski definition) is 0. The van der Waals surface area contributed by atoms with Crippen molar-refractivity contribution in [1.29, 1.82) is 0 Å². The fourth-order valence-electron chi connectivity index (χ4n) is 0. The first kappa shape index (κ1) is 678. The largest absolute Gasteiger partial charge is 0.382 e. The molecule has 0 saturated heterocycles. The summed E-state index contributed by atoms with van der Waals surface area (Å²) in [5.41, 5.74) is 0. The van der Waals surface area contributed by atoms with Crippen molar-refractivity contribution in [2.45, 2.75) is 0 Å². The van der Waals surface area contributed by atoms with E-state index in [2.05, 4.69) is 13.8 Å². The molecule has 0 aliphatic heterocycles. The molecular formula is C4H6Rf4Y-2. The molecule has 0 rings (SSSR count). The molecule has 0 heterocycles. The molecule has 0 unspecified atom stereocenters. The monoisotopic (exact) mass is 1210 g/mol. The molecule has 0 bridgehead atoms. The van der Waals surface area contributed by atoms with Crippen LogP contribution in [-0.2, 0) is 32.7 Å². The first-order valence-corrected chi connectivity index (χ1v) is 1.15. The molecule has 0 aromatic rings. The van der Waals surface area contributed by atoms with Crippen molar-refractivity contribution in [2.75, 3.05) is 0 Å². The fraction of sp³-hybridized carbons (Fsp3) is 0. The summed E-state index contributed by atoms with van der Waals surface area (Å²) in [4.78, 5) is 0. The summed E-state index contributed by atoms with van der Waals surface area (Å²) in [7, 11) is 0. The van der Waals surface area contributed by atoms with Crippen molar-refractivity contribution in [3.63, 3.8) is 0 Å². The maximum absolute atomic E-state index is 3.36. The van der Waals surface area contributed by atoms with Crippen molar-refractivity contribution < 1.29 is 32.7 Å². The van der Waals surface area contributed by atoms with Crippen LogP contribution in [0.3, 0.4) is 0 Å². The quantitative estimate of drug-likeness (QED) is 0.321. The Labute approximate surface area is 58.5 Å². The van der Waals surface area contributed by atoms with Gasteiger partial charge in [-0.15, -0.1) is 0 Å². The van der Waals surface area contributed by atoms with Crippen LogP contribution in [0.15, 0.2) is 12.2 Å². The van der Waals surface area contributed by atoms with Gasteiger partial charge in [0.25, 0.3) is 0 Å². The molecule has 9 heavy (non-hydrogen) atoms. The Morgan fingerprint density at radius 2 is 0.778 bits per heavy atom. The van der Waals surface area contributed by atoms with Crippen molar-refractivity contribution in [3.8, 4) is 0 Å². The molecule has 1 radical (unpaired) electrons. The van der Waals surface area contributed by atoms with Gasteiger partial charge in [-0.25, -0.2) is 0 Å². The van der Waals surface area contributed by atoms with E-state index in [1.807, 2.05) is 0 Å². The van der Waals surface area contributed by atoms with Crippen molar-refractivity contribution in [3.05, 3.63) is 26.0 Å². The number of rotatable bonds is 0. The van der Waals surface area contributed by atoms with Gasteiger partial charge < -0.3 is 26.0 Å². The average molecular weight is 1210 g/mol. The van der Waals surface area contributed by atoms with Crippen molar-refractivity contribution in [2.24, 2.45) is 0 Å². The molecule has 0 aliphatic rings. The molecule has 0 saturated carbocycles. The minimum atomic E-state index is 0. The summed E-state index contributed by atoms with van der Waals surface area (Å²) in [5, 5.41) is 0. The summed E-state index contributed by atoms with van der Waals surface area (Å²) >= 11 is 0. The van der Waals surface area contributed by atoms with Gasteiger partial charge in [-0.05, 0) is 0 Å². The first-order valence-electron chi connectivity index (χ1n) is 1.15. The van der Waals surface area contributed by atoms with Crippen LogP contribution < -0.4 is 0 Å². The van der Waals surface area contributed by atoms with E-state index in [-0.39, 0.29) is 32.7 Å². The number of hydrogen-bond donors (Lipinski definition) is 0. The molecule has 5 heteroatoms. The van der Waals surface area contributed by atoms with Gasteiger partial charge in [0, 0.05) is 32.7 Å². The summed E-state index contributed by atoms with van der Waals surface area (Å²) in [6, 6.07) is 0. The molecule has 0 fully saturated rings. The maximum atomic E-state index is 3.36. The molecular weight excluding hydrogens is 1200 g/mol. The third-order valence-electron chi connectivity index (χ3n) is 0.167. The predicted molar refractivity (Wildman–Crippen MR) is 19.9 cm³/mol. The smallest absolute Gasteiger partial charge is 0 e. The fourth-order valence-corrected chi connectivity index (χ4v) is 0. The van der Waals surface area contributed by atoms with E-state index in [9.17, 15) is 0 Å². The maximum Gasteiger partial charge on any atom is 0 e. The van der Waals surface area contributed by atoms with Gasteiger partial charge in [0.05, 0.1) is 0 Å². The van der Waals surface area contributed by atoms with E-state index in [0.717, 1.165) is 0 Å². The summed E-state index contributed by atoms with van der Waals surface area (Å²) in [5.74, 6) is 0.